The minimum atomic E-state index is -1.22. The van der Waals surface area contributed by atoms with Crippen molar-refractivity contribution in [3.8, 4) is 5.75 Å². The van der Waals surface area contributed by atoms with Gasteiger partial charge in [-0.3, -0.25) is 0 Å². The summed E-state index contributed by atoms with van der Waals surface area (Å²) in [6.07, 6.45) is 2.28. The van der Waals surface area contributed by atoms with E-state index in [2.05, 4.69) is 15.9 Å². The van der Waals surface area contributed by atoms with Crippen LogP contribution in [-0.4, -0.2) is 38.7 Å². The minimum absolute atomic E-state index is 0.271. The molecule has 0 amide bonds. The summed E-state index contributed by atoms with van der Waals surface area (Å²) in [5, 5.41) is 0. The lowest BCUT2D eigenvalue weighted by atomic mass is 10.0. The van der Waals surface area contributed by atoms with E-state index in [0.29, 0.717) is 26.2 Å². The zero-order chi connectivity index (χ0) is 16.7. The van der Waals surface area contributed by atoms with E-state index in [1.165, 1.54) is 7.11 Å². The molecule has 1 saturated heterocycles. The second kappa shape index (κ2) is 8.66. The van der Waals surface area contributed by atoms with Gasteiger partial charge >= 0.3 is 5.97 Å². The van der Waals surface area contributed by atoms with E-state index in [4.69, 9.17) is 18.9 Å². The van der Waals surface area contributed by atoms with Crippen molar-refractivity contribution in [2.45, 2.75) is 32.0 Å². The number of hydrogen-bond acceptors (Lipinski definition) is 5. The lowest BCUT2D eigenvalue weighted by Crippen LogP contribution is -2.50. The number of halogens is 1. The van der Waals surface area contributed by atoms with Gasteiger partial charge in [-0.1, -0.05) is 22.9 Å². The summed E-state index contributed by atoms with van der Waals surface area (Å²) in [6, 6.07) is 7.77. The van der Waals surface area contributed by atoms with Gasteiger partial charge in [-0.05, 0) is 37.1 Å². The number of benzene rings is 1. The fourth-order valence-electron chi connectivity index (χ4n) is 2.48. The number of methoxy groups -OCH3 is 1. The third kappa shape index (κ3) is 4.93. The van der Waals surface area contributed by atoms with Gasteiger partial charge in [0.1, 0.15) is 5.75 Å². The fraction of sp³-hybridized carbons (Fsp3) is 0.588. The molecule has 1 aromatic rings. The Kier molecular flexibility index (Phi) is 6.87. The molecule has 2 rings (SSSR count). The number of hydrogen-bond donors (Lipinski definition) is 0. The van der Waals surface area contributed by atoms with Crippen molar-refractivity contribution < 1.29 is 23.7 Å². The summed E-state index contributed by atoms with van der Waals surface area (Å²) >= 11 is 3.39. The quantitative estimate of drug-likeness (QED) is 0.529. The molecule has 0 radical (unpaired) electrons. The van der Waals surface area contributed by atoms with Gasteiger partial charge < -0.3 is 18.9 Å². The highest BCUT2D eigenvalue weighted by Gasteiger charge is 2.44. The predicted molar refractivity (Wildman–Crippen MR) is 89.3 cm³/mol. The Labute approximate surface area is 145 Å². The molecule has 23 heavy (non-hydrogen) atoms. The Balaban J connectivity index is 1.68. The largest absolute Gasteiger partial charge is 0.494 e. The molecule has 0 aromatic heterocycles. The molecule has 0 unspecified atom stereocenters. The topological polar surface area (TPSA) is 54.0 Å². The van der Waals surface area contributed by atoms with Crippen LogP contribution in [0.1, 0.15) is 26.2 Å². The Hall–Kier alpha value is -1.11. The molecule has 0 saturated carbocycles. The monoisotopic (exact) mass is 386 g/mol. The van der Waals surface area contributed by atoms with Crippen LogP contribution in [0.5, 0.6) is 5.75 Å². The molecule has 0 atom stereocenters. The highest BCUT2D eigenvalue weighted by Crippen LogP contribution is 2.28. The Morgan fingerprint density at radius 1 is 1.30 bits per heavy atom. The lowest BCUT2D eigenvalue weighted by Gasteiger charge is -2.37. The van der Waals surface area contributed by atoms with Crippen LogP contribution in [0.4, 0.5) is 0 Å². The summed E-state index contributed by atoms with van der Waals surface area (Å²) in [4.78, 5) is 11.8. The van der Waals surface area contributed by atoms with Crippen LogP contribution >= 0.6 is 15.9 Å². The molecule has 0 spiro atoms. The van der Waals surface area contributed by atoms with Crippen molar-refractivity contribution in [2.75, 3.05) is 26.9 Å². The van der Waals surface area contributed by atoms with Gasteiger partial charge in [-0.15, -0.1) is 0 Å². The summed E-state index contributed by atoms with van der Waals surface area (Å²) in [5.41, 5.74) is 0. The molecule has 5 nitrogen and oxygen atoms in total. The molecule has 0 aliphatic carbocycles. The van der Waals surface area contributed by atoms with E-state index in [1.807, 2.05) is 31.2 Å². The highest BCUT2D eigenvalue weighted by atomic mass is 79.9. The molecule has 1 aliphatic rings. The summed E-state index contributed by atoms with van der Waals surface area (Å²) in [6.45, 7) is 3.50. The zero-order valence-corrected chi connectivity index (χ0v) is 15.1. The molecule has 1 aliphatic heterocycles. The van der Waals surface area contributed by atoms with Gasteiger partial charge in [0.05, 0.1) is 26.9 Å². The molecule has 1 fully saturated rings. The summed E-state index contributed by atoms with van der Waals surface area (Å²) in [5.74, 6) is -0.552. The molecule has 128 valence electrons. The van der Waals surface area contributed by atoms with E-state index in [0.717, 1.165) is 23.1 Å². The summed E-state index contributed by atoms with van der Waals surface area (Å²) in [7, 11) is 1.35. The second-order valence-corrected chi connectivity index (χ2v) is 6.45. The van der Waals surface area contributed by atoms with Crippen molar-refractivity contribution in [3.63, 3.8) is 0 Å². The zero-order valence-electron chi connectivity index (χ0n) is 13.5. The number of carbonyl (C=O) groups is 1. The molecule has 6 heteroatoms. The average Bonchev–Trinajstić information content (AvgIpc) is 2.60. The molecular weight excluding hydrogens is 364 g/mol. The van der Waals surface area contributed by atoms with Crippen molar-refractivity contribution in [1.82, 2.24) is 0 Å². The Morgan fingerprint density at radius 2 is 1.96 bits per heavy atom. The first-order valence-corrected chi connectivity index (χ1v) is 8.63. The first kappa shape index (κ1) is 18.2. The fourth-order valence-corrected chi connectivity index (χ4v) is 2.74. The van der Waals surface area contributed by atoms with Crippen LogP contribution in [0.3, 0.4) is 0 Å². The lowest BCUT2D eigenvalue weighted by molar-refractivity contribution is -0.282. The number of carbonyl (C=O) groups excluding carboxylic acids is 1. The van der Waals surface area contributed by atoms with E-state index >= 15 is 0 Å². The molecule has 1 heterocycles. The first-order chi connectivity index (χ1) is 11.1. The van der Waals surface area contributed by atoms with Crippen LogP contribution < -0.4 is 4.74 Å². The van der Waals surface area contributed by atoms with E-state index in [1.54, 1.807) is 0 Å². The predicted octanol–water partition coefficient (Wildman–Crippen LogP) is 3.55. The first-order valence-electron chi connectivity index (χ1n) is 7.84. The molecular formula is C17H23BrO5. The smallest absolute Gasteiger partial charge is 0.366 e. The summed E-state index contributed by atoms with van der Waals surface area (Å²) < 4.78 is 22.8. The van der Waals surface area contributed by atoms with Gasteiger partial charge in [0.25, 0.3) is 5.79 Å². The highest BCUT2D eigenvalue weighted by molar-refractivity contribution is 9.10. The number of rotatable bonds is 7. The van der Waals surface area contributed by atoms with E-state index < -0.39 is 11.8 Å². The average molecular weight is 387 g/mol. The maximum Gasteiger partial charge on any atom is 0.366 e. The van der Waals surface area contributed by atoms with Crippen LogP contribution in [0.2, 0.25) is 0 Å². The third-order valence-corrected chi connectivity index (χ3v) is 4.43. The SMILES string of the molecule is CCC1(C(=O)OC)OCC(CCCOc2ccc(Br)cc2)CO1. The van der Waals surface area contributed by atoms with Gasteiger partial charge in [-0.2, -0.15) is 0 Å². The second-order valence-electron chi connectivity index (χ2n) is 5.53. The van der Waals surface area contributed by atoms with Crippen molar-refractivity contribution in [2.24, 2.45) is 5.92 Å². The Bertz CT molecular complexity index is 494. The molecule has 0 N–H and O–H groups in total. The molecule has 0 bridgehead atoms. The van der Waals surface area contributed by atoms with Gasteiger partial charge in [0.15, 0.2) is 0 Å². The van der Waals surface area contributed by atoms with Crippen LogP contribution in [0.25, 0.3) is 0 Å². The molecule has 1 aromatic carbocycles. The normalized spacial score (nSPS) is 24.2. The van der Waals surface area contributed by atoms with Gasteiger partial charge in [-0.25, -0.2) is 4.79 Å². The van der Waals surface area contributed by atoms with Gasteiger partial charge in [0, 0.05) is 16.8 Å². The number of ether oxygens (including phenoxy) is 4. The minimum Gasteiger partial charge on any atom is -0.494 e. The van der Waals surface area contributed by atoms with Crippen molar-refractivity contribution >= 4 is 21.9 Å². The van der Waals surface area contributed by atoms with E-state index in [9.17, 15) is 4.79 Å². The van der Waals surface area contributed by atoms with Crippen LogP contribution in [-0.2, 0) is 19.0 Å². The van der Waals surface area contributed by atoms with Crippen molar-refractivity contribution in [3.05, 3.63) is 28.7 Å². The maximum atomic E-state index is 11.8. The number of esters is 1. The van der Waals surface area contributed by atoms with Gasteiger partial charge in [0.2, 0.25) is 0 Å². The third-order valence-electron chi connectivity index (χ3n) is 3.91. The van der Waals surface area contributed by atoms with Crippen LogP contribution in [0.15, 0.2) is 28.7 Å². The van der Waals surface area contributed by atoms with E-state index in [-0.39, 0.29) is 5.92 Å². The standard InChI is InChI=1S/C17H23BrO5/c1-3-17(16(19)20-2)22-11-13(12-23-17)5-4-10-21-15-8-6-14(18)7-9-15/h6-9,13H,3-5,10-12H2,1-2H3. The van der Waals surface area contributed by atoms with Crippen LogP contribution in [0, 0.1) is 5.92 Å². The Morgan fingerprint density at radius 3 is 2.52 bits per heavy atom. The maximum absolute atomic E-state index is 11.8. The van der Waals surface area contributed by atoms with Crippen molar-refractivity contribution in [1.29, 1.82) is 0 Å².